The van der Waals surface area contributed by atoms with E-state index in [9.17, 15) is 18.0 Å². The molecular formula is C15H26N4O4S. The number of likely N-dealkylation sites (tertiary alicyclic amines) is 1. The van der Waals surface area contributed by atoms with E-state index in [2.05, 4.69) is 0 Å². The minimum absolute atomic E-state index is 0.00387. The monoisotopic (exact) mass is 358 g/mol. The van der Waals surface area contributed by atoms with Crippen molar-refractivity contribution in [3.63, 3.8) is 0 Å². The van der Waals surface area contributed by atoms with Gasteiger partial charge in [-0.05, 0) is 12.8 Å². The van der Waals surface area contributed by atoms with Crippen molar-refractivity contribution in [3.8, 4) is 0 Å². The van der Waals surface area contributed by atoms with Crippen molar-refractivity contribution >= 4 is 21.8 Å². The van der Waals surface area contributed by atoms with Crippen molar-refractivity contribution < 1.29 is 18.0 Å². The van der Waals surface area contributed by atoms with Crippen LogP contribution in [0.5, 0.6) is 0 Å². The van der Waals surface area contributed by atoms with Crippen LogP contribution in [0, 0.1) is 0 Å². The predicted molar refractivity (Wildman–Crippen MR) is 89.4 cm³/mol. The number of sulfone groups is 1. The minimum atomic E-state index is -3.19. The first-order chi connectivity index (χ1) is 11.3. The smallest absolute Gasteiger partial charge is 0.320 e. The van der Waals surface area contributed by atoms with Gasteiger partial charge in [0.05, 0.1) is 24.1 Å². The van der Waals surface area contributed by atoms with Gasteiger partial charge < -0.3 is 14.7 Å². The summed E-state index contributed by atoms with van der Waals surface area (Å²) in [4.78, 5) is 31.8. The highest BCUT2D eigenvalue weighted by Gasteiger charge is 2.49. The van der Waals surface area contributed by atoms with Gasteiger partial charge in [-0.2, -0.15) is 0 Å². The molecule has 3 fully saturated rings. The number of piperazine rings is 1. The Hall–Kier alpha value is -1.35. The molecule has 3 rings (SSSR count). The lowest BCUT2D eigenvalue weighted by Crippen LogP contribution is -2.63. The van der Waals surface area contributed by atoms with E-state index in [1.165, 1.54) is 4.90 Å². The highest BCUT2D eigenvalue weighted by atomic mass is 32.2. The second-order valence-electron chi connectivity index (χ2n) is 7.14. The number of carbonyl (C=O) groups is 2. The number of hydrogen-bond acceptors (Lipinski definition) is 5. The van der Waals surface area contributed by atoms with Crippen molar-refractivity contribution in [1.82, 2.24) is 19.6 Å². The molecule has 0 unspecified atom stereocenters. The van der Waals surface area contributed by atoms with Gasteiger partial charge in [-0.15, -0.1) is 0 Å². The fourth-order valence-electron chi connectivity index (χ4n) is 3.86. The maximum atomic E-state index is 12.8. The Morgan fingerprint density at radius 2 is 1.62 bits per heavy atom. The molecular weight excluding hydrogens is 332 g/mol. The normalized spacial score (nSPS) is 29.6. The molecule has 0 aromatic rings. The Morgan fingerprint density at radius 3 is 2.25 bits per heavy atom. The maximum Gasteiger partial charge on any atom is 0.320 e. The van der Waals surface area contributed by atoms with Gasteiger partial charge in [0.15, 0.2) is 9.84 Å². The molecule has 9 heteroatoms. The number of amides is 3. The lowest BCUT2D eigenvalue weighted by molar-refractivity contribution is -0.131. The molecule has 0 aromatic carbocycles. The molecule has 0 bridgehead atoms. The number of nitrogens with zero attached hydrogens (tertiary/aromatic N) is 4. The fraction of sp³-hybridized carbons (Fsp3) is 0.867. The lowest BCUT2D eigenvalue weighted by Gasteiger charge is -2.44. The zero-order chi connectivity index (χ0) is 17.5. The van der Waals surface area contributed by atoms with Gasteiger partial charge in [0, 0.05) is 46.3 Å². The summed E-state index contributed by atoms with van der Waals surface area (Å²) in [6.07, 6.45) is 2.02. The van der Waals surface area contributed by atoms with Crippen LogP contribution in [-0.4, -0.2) is 110 Å². The number of fused-ring (bicyclic) bond motifs is 1. The van der Waals surface area contributed by atoms with E-state index in [-0.39, 0.29) is 42.1 Å². The molecule has 0 spiro atoms. The topological polar surface area (TPSA) is 81.2 Å². The van der Waals surface area contributed by atoms with Crippen LogP contribution in [0.3, 0.4) is 0 Å². The zero-order valence-electron chi connectivity index (χ0n) is 14.3. The summed E-state index contributed by atoms with van der Waals surface area (Å²) in [5, 5.41) is 0. The molecule has 0 aliphatic carbocycles. The van der Waals surface area contributed by atoms with Crippen molar-refractivity contribution in [1.29, 1.82) is 0 Å². The molecule has 3 aliphatic rings. The second-order valence-corrected chi connectivity index (χ2v) is 9.29. The van der Waals surface area contributed by atoms with Crippen molar-refractivity contribution in [2.24, 2.45) is 0 Å². The average Bonchev–Trinajstić information content (AvgIpc) is 3.13. The maximum absolute atomic E-state index is 12.8. The third-order valence-electron chi connectivity index (χ3n) is 5.25. The minimum Gasteiger partial charge on any atom is -0.348 e. The standard InChI is InChI=1S/C15H26N4O4S/c1-16(2)14(20)9-18-7-8-19(15(21)17-5-3-4-6-17)13-11-24(22,23)10-12(13)18/h12-13H,3-11H2,1-2H3/t12-,13+/m0/s1. The molecule has 0 N–H and O–H groups in total. The number of carbonyl (C=O) groups excluding carboxylic acids is 2. The quantitative estimate of drug-likeness (QED) is 0.637. The first-order valence-corrected chi connectivity index (χ1v) is 10.3. The van der Waals surface area contributed by atoms with E-state index < -0.39 is 9.84 Å². The van der Waals surface area contributed by atoms with Gasteiger partial charge in [-0.25, -0.2) is 13.2 Å². The Labute approximate surface area is 143 Å². The van der Waals surface area contributed by atoms with Crippen LogP contribution >= 0.6 is 0 Å². The molecule has 0 radical (unpaired) electrons. The SMILES string of the molecule is CN(C)C(=O)CN1CCN(C(=O)N2CCCC2)[C@@H]2CS(=O)(=O)C[C@@H]21. The largest absolute Gasteiger partial charge is 0.348 e. The highest BCUT2D eigenvalue weighted by molar-refractivity contribution is 7.91. The number of hydrogen-bond donors (Lipinski definition) is 0. The van der Waals surface area contributed by atoms with Gasteiger partial charge in [-0.1, -0.05) is 0 Å². The molecule has 3 saturated heterocycles. The number of urea groups is 1. The summed E-state index contributed by atoms with van der Waals surface area (Å²) in [7, 11) is 0.199. The summed E-state index contributed by atoms with van der Waals surface area (Å²) < 4.78 is 24.4. The third-order valence-corrected chi connectivity index (χ3v) is 6.95. The predicted octanol–water partition coefficient (Wildman–Crippen LogP) is -0.926. The van der Waals surface area contributed by atoms with Gasteiger partial charge >= 0.3 is 6.03 Å². The van der Waals surface area contributed by atoms with E-state index in [0.717, 1.165) is 25.9 Å². The molecule has 0 saturated carbocycles. The average molecular weight is 358 g/mol. The number of rotatable bonds is 2. The highest BCUT2D eigenvalue weighted by Crippen LogP contribution is 2.28. The van der Waals surface area contributed by atoms with E-state index in [1.807, 2.05) is 9.80 Å². The van der Waals surface area contributed by atoms with Gasteiger partial charge in [0.25, 0.3) is 0 Å². The molecule has 136 valence electrons. The Kier molecular flexibility index (Phi) is 4.74. The van der Waals surface area contributed by atoms with Crippen LogP contribution in [0.25, 0.3) is 0 Å². The van der Waals surface area contributed by atoms with Crippen molar-refractivity contribution in [2.45, 2.75) is 24.9 Å². The van der Waals surface area contributed by atoms with Crippen LogP contribution in [0.4, 0.5) is 4.79 Å². The molecule has 2 atom stereocenters. The van der Waals surface area contributed by atoms with Gasteiger partial charge in [0.2, 0.25) is 5.91 Å². The third kappa shape index (κ3) is 3.37. The Bertz CT molecular complexity index is 615. The van der Waals surface area contributed by atoms with E-state index in [1.54, 1.807) is 19.0 Å². The van der Waals surface area contributed by atoms with Crippen LogP contribution < -0.4 is 0 Å². The second kappa shape index (κ2) is 6.51. The number of likely N-dealkylation sites (N-methyl/N-ethyl adjacent to an activating group) is 1. The molecule has 3 aliphatic heterocycles. The molecule has 0 aromatic heterocycles. The molecule has 8 nitrogen and oxygen atoms in total. The van der Waals surface area contributed by atoms with E-state index in [0.29, 0.717) is 13.1 Å². The first kappa shape index (κ1) is 17.5. The summed E-state index contributed by atoms with van der Waals surface area (Å²) in [5.41, 5.74) is 0. The first-order valence-electron chi connectivity index (χ1n) is 8.49. The van der Waals surface area contributed by atoms with E-state index in [4.69, 9.17) is 0 Å². The Morgan fingerprint density at radius 1 is 1.00 bits per heavy atom. The van der Waals surface area contributed by atoms with Crippen LogP contribution in [0.1, 0.15) is 12.8 Å². The fourth-order valence-corrected chi connectivity index (χ4v) is 5.88. The molecule has 3 heterocycles. The summed E-state index contributed by atoms with van der Waals surface area (Å²) >= 11 is 0. The molecule has 3 amide bonds. The lowest BCUT2D eigenvalue weighted by atomic mass is 10.0. The van der Waals surface area contributed by atoms with Crippen molar-refractivity contribution in [2.75, 3.05) is 58.3 Å². The Balaban J connectivity index is 1.77. The summed E-state index contributed by atoms with van der Waals surface area (Å²) in [6.45, 7) is 2.72. The molecule has 24 heavy (non-hydrogen) atoms. The zero-order valence-corrected chi connectivity index (χ0v) is 15.2. The van der Waals surface area contributed by atoms with Gasteiger partial charge in [0.1, 0.15) is 0 Å². The van der Waals surface area contributed by atoms with Crippen LogP contribution in [0.15, 0.2) is 0 Å². The summed E-state index contributed by atoms with van der Waals surface area (Å²) in [6, 6.07) is -0.663. The van der Waals surface area contributed by atoms with Crippen LogP contribution in [0.2, 0.25) is 0 Å². The summed E-state index contributed by atoms with van der Waals surface area (Å²) in [5.74, 6) is -0.0103. The van der Waals surface area contributed by atoms with Crippen molar-refractivity contribution in [3.05, 3.63) is 0 Å². The van der Waals surface area contributed by atoms with E-state index >= 15 is 0 Å². The van der Waals surface area contributed by atoms with Gasteiger partial charge in [-0.3, -0.25) is 9.69 Å². The van der Waals surface area contributed by atoms with Crippen LogP contribution in [-0.2, 0) is 14.6 Å².